The SMILES string of the molecule is O=C(NCc1ccc(F)cc1)N1CCC[C@H]1c1nc(-c2ccccc2)no1. The van der Waals surface area contributed by atoms with Crippen molar-refractivity contribution in [2.24, 2.45) is 0 Å². The first-order chi connectivity index (χ1) is 13.2. The van der Waals surface area contributed by atoms with Gasteiger partial charge in [-0.05, 0) is 30.5 Å². The molecule has 2 aromatic carbocycles. The van der Waals surface area contributed by atoms with E-state index in [2.05, 4.69) is 15.5 Å². The van der Waals surface area contributed by atoms with Crippen LogP contribution in [-0.2, 0) is 6.54 Å². The van der Waals surface area contributed by atoms with Gasteiger partial charge in [-0.1, -0.05) is 47.6 Å². The normalized spacial score (nSPS) is 16.5. The number of halogens is 1. The van der Waals surface area contributed by atoms with Crippen molar-refractivity contribution >= 4 is 6.03 Å². The van der Waals surface area contributed by atoms with Gasteiger partial charge >= 0.3 is 6.03 Å². The summed E-state index contributed by atoms with van der Waals surface area (Å²) < 4.78 is 18.4. The summed E-state index contributed by atoms with van der Waals surface area (Å²) in [6.07, 6.45) is 1.65. The van der Waals surface area contributed by atoms with E-state index < -0.39 is 0 Å². The van der Waals surface area contributed by atoms with Crippen LogP contribution in [0.2, 0.25) is 0 Å². The number of benzene rings is 2. The number of nitrogens with zero attached hydrogens (tertiary/aromatic N) is 3. The van der Waals surface area contributed by atoms with Gasteiger partial charge in [0, 0.05) is 18.7 Å². The summed E-state index contributed by atoms with van der Waals surface area (Å²) in [6.45, 7) is 0.963. The van der Waals surface area contributed by atoms with E-state index in [0.29, 0.717) is 24.8 Å². The second-order valence-corrected chi connectivity index (χ2v) is 6.46. The number of hydrogen-bond donors (Lipinski definition) is 1. The second kappa shape index (κ2) is 7.57. The molecule has 4 rings (SSSR count). The smallest absolute Gasteiger partial charge is 0.318 e. The van der Waals surface area contributed by atoms with Crippen LogP contribution in [0.4, 0.5) is 9.18 Å². The molecule has 1 fully saturated rings. The molecule has 2 amide bonds. The predicted molar refractivity (Wildman–Crippen MR) is 97.1 cm³/mol. The number of rotatable bonds is 4. The van der Waals surface area contributed by atoms with Crippen LogP contribution in [0.25, 0.3) is 11.4 Å². The van der Waals surface area contributed by atoms with Gasteiger partial charge in [-0.25, -0.2) is 9.18 Å². The number of hydrogen-bond acceptors (Lipinski definition) is 4. The molecule has 3 aromatic rings. The van der Waals surface area contributed by atoms with Crippen LogP contribution in [-0.4, -0.2) is 27.6 Å². The van der Waals surface area contributed by atoms with Gasteiger partial charge in [0.1, 0.15) is 11.9 Å². The molecule has 1 N–H and O–H groups in total. The molecule has 138 valence electrons. The fraction of sp³-hybridized carbons (Fsp3) is 0.250. The summed E-state index contributed by atoms with van der Waals surface area (Å²) >= 11 is 0. The van der Waals surface area contributed by atoms with E-state index in [-0.39, 0.29) is 17.9 Å². The highest BCUT2D eigenvalue weighted by atomic mass is 19.1. The fourth-order valence-electron chi connectivity index (χ4n) is 3.22. The molecule has 1 saturated heterocycles. The average Bonchev–Trinajstić information content (AvgIpc) is 3.37. The molecule has 1 aliphatic rings. The standard InChI is InChI=1S/C20H19FN4O2/c21-16-10-8-14(9-11-16)13-22-20(26)25-12-4-7-17(25)19-23-18(24-27-19)15-5-2-1-3-6-15/h1-3,5-6,8-11,17H,4,7,12-13H2,(H,22,26)/t17-/m0/s1. The topological polar surface area (TPSA) is 71.3 Å². The maximum Gasteiger partial charge on any atom is 0.318 e. The lowest BCUT2D eigenvalue weighted by molar-refractivity contribution is 0.180. The van der Waals surface area contributed by atoms with E-state index in [4.69, 9.17) is 4.52 Å². The van der Waals surface area contributed by atoms with Crippen LogP contribution in [0.3, 0.4) is 0 Å². The van der Waals surface area contributed by atoms with E-state index in [1.54, 1.807) is 17.0 Å². The molecule has 0 spiro atoms. The molecule has 1 aromatic heterocycles. The van der Waals surface area contributed by atoms with Crippen molar-refractivity contribution in [3.05, 3.63) is 71.9 Å². The van der Waals surface area contributed by atoms with Crippen LogP contribution >= 0.6 is 0 Å². The molecular formula is C20H19FN4O2. The van der Waals surface area contributed by atoms with Crippen LogP contribution < -0.4 is 5.32 Å². The van der Waals surface area contributed by atoms with Crippen LogP contribution in [0.5, 0.6) is 0 Å². The summed E-state index contributed by atoms with van der Waals surface area (Å²) in [6, 6.07) is 15.2. The number of amides is 2. The number of likely N-dealkylation sites (tertiary alicyclic amines) is 1. The first-order valence-electron chi connectivity index (χ1n) is 8.88. The van der Waals surface area contributed by atoms with Crippen molar-refractivity contribution in [2.45, 2.75) is 25.4 Å². The Morgan fingerprint density at radius 2 is 1.96 bits per heavy atom. The molecule has 7 heteroatoms. The van der Waals surface area contributed by atoms with Gasteiger partial charge in [0.2, 0.25) is 11.7 Å². The lowest BCUT2D eigenvalue weighted by Crippen LogP contribution is -2.39. The summed E-state index contributed by atoms with van der Waals surface area (Å²) in [5.74, 6) is 0.669. The highest BCUT2D eigenvalue weighted by Gasteiger charge is 2.34. The third kappa shape index (κ3) is 3.81. The van der Waals surface area contributed by atoms with Gasteiger partial charge in [0.05, 0.1) is 0 Å². The Bertz CT molecular complexity index is 911. The zero-order valence-corrected chi connectivity index (χ0v) is 14.6. The Kier molecular flexibility index (Phi) is 4.82. The molecule has 1 atom stereocenters. The minimum Gasteiger partial charge on any atom is -0.337 e. The highest BCUT2D eigenvalue weighted by Crippen LogP contribution is 2.32. The van der Waals surface area contributed by atoms with Crippen LogP contribution in [0.1, 0.15) is 30.3 Å². The Labute approximate surface area is 156 Å². The minimum atomic E-state index is -0.296. The Balaban J connectivity index is 1.43. The van der Waals surface area contributed by atoms with Crippen LogP contribution in [0, 0.1) is 5.82 Å². The lowest BCUT2D eigenvalue weighted by Gasteiger charge is -2.22. The zero-order valence-electron chi connectivity index (χ0n) is 14.6. The van der Waals surface area contributed by atoms with Gasteiger partial charge in [-0.15, -0.1) is 0 Å². The van der Waals surface area contributed by atoms with Gasteiger partial charge in [0.25, 0.3) is 0 Å². The largest absolute Gasteiger partial charge is 0.337 e. The number of urea groups is 1. The minimum absolute atomic E-state index is 0.193. The van der Waals surface area contributed by atoms with Crippen molar-refractivity contribution in [1.29, 1.82) is 0 Å². The van der Waals surface area contributed by atoms with Gasteiger partial charge in [-0.2, -0.15) is 4.98 Å². The van der Waals surface area contributed by atoms with E-state index in [1.165, 1.54) is 12.1 Å². The van der Waals surface area contributed by atoms with Crippen molar-refractivity contribution < 1.29 is 13.7 Å². The zero-order chi connectivity index (χ0) is 18.6. The maximum absolute atomic E-state index is 13.0. The molecular weight excluding hydrogens is 347 g/mol. The van der Waals surface area contributed by atoms with E-state index >= 15 is 0 Å². The summed E-state index contributed by atoms with van der Waals surface area (Å²) in [5.41, 5.74) is 1.71. The Hall–Kier alpha value is -3.22. The molecule has 0 bridgehead atoms. The lowest BCUT2D eigenvalue weighted by atomic mass is 10.2. The van der Waals surface area contributed by atoms with Gasteiger partial charge in [0.15, 0.2) is 0 Å². The molecule has 1 aliphatic heterocycles. The average molecular weight is 366 g/mol. The first-order valence-corrected chi connectivity index (χ1v) is 8.88. The van der Waals surface area contributed by atoms with E-state index in [0.717, 1.165) is 24.0 Å². The van der Waals surface area contributed by atoms with Crippen molar-refractivity contribution in [3.63, 3.8) is 0 Å². The molecule has 27 heavy (non-hydrogen) atoms. The summed E-state index contributed by atoms with van der Waals surface area (Å²) in [5, 5.41) is 6.92. The third-order valence-electron chi connectivity index (χ3n) is 4.63. The monoisotopic (exact) mass is 366 g/mol. The predicted octanol–water partition coefficient (Wildman–Crippen LogP) is 3.92. The summed E-state index contributed by atoms with van der Waals surface area (Å²) in [7, 11) is 0. The van der Waals surface area contributed by atoms with E-state index in [9.17, 15) is 9.18 Å². The first kappa shape index (κ1) is 17.2. The van der Waals surface area contributed by atoms with Gasteiger partial charge < -0.3 is 14.7 Å². The Morgan fingerprint density at radius 3 is 2.74 bits per heavy atom. The number of nitrogens with one attached hydrogen (secondary N) is 1. The maximum atomic E-state index is 13.0. The highest BCUT2D eigenvalue weighted by molar-refractivity contribution is 5.75. The van der Waals surface area contributed by atoms with E-state index in [1.807, 2.05) is 30.3 Å². The molecule has 0 unspecified atom stereocenters. The van der Waals surface area contributed by atoms with Gasteiger partial charge in [-0.3, -0.25) is 0 Å². The molecule has 0 saturated carbocycles. The molecule has 0 aliphatic carbocycles. The number of carbonyl (C=O) groups is 1. The van der Waals surface area contributed by atoms with Crippen LogP contribution in [0.15, 0.2) is 59.1 Å². The molecule has 0 radical (unpaired) electrons. The molecule has 2 heterocycles. The van der Waals surface area contributed by atoms with Crippen molar-refractivity contribution in [1.82, 2.24) is 20.4 Å². The van der Waals surface area contributed by atoms with Crippen molar-refractivity contribution in [2.75, 3.05) is 6.54 Å². The number of carbonyl (C=O) groups excluding carboxylic acids is 1. The van der Waals surface area contributed by atoms with Crippen molar-refractivity contribution in [3.8, 4) is 11.4 Å². The Morgan fingerprint density at radius 1 is 1.19 bits per heavy atom. The fourth-order valence-corrected chi connectivity index (χ4v) is 3.22. The molecule has 6 nitrogen and oxygen atoms in total. The second-order valence-electron chi connectivity index (χ2n) is 6.46. The number of aromatic nitrogens is 2. The summed E-state index contributed by atoms with van der Waals surface area (Å²) in [4.78, 5) is 18.8. The third-order valence-corrected chi connectivity index (χ3v) is 4.63. The quantitative estimate of drug-likeness (QED) is 0.760.